The van der Waals surface area contributed by atoms with Gasteiger partial charge in [-0.25, -0.2) is 0 Å². The lowest BCUT2D eigenvalue weighted by Crippen LogP contribution is -1.75. The summed E-state index contributed by atoms with van der Waals surface area (Å²) in [5.41, 5.74) is 4.99. The van der Waals surface area contributed by atoms with Crippen LogP contribution in [-0.2, 0) is 0 Å². The summed E-state index contributed by atoms with van der Waals surface area (Å²) in [4.78, 5) is 0. The van der Waals surface area contributed by atoms with E-state index in [0.29, 0.717) is 0 Å². The Labute approximate surface area is 46.1 Å². The van der Waals surface area contributed by atoms with E-state index < -0.39 is 0 Å². The van der Waals surface area contributed by atoms with E-state index in [0.717, 1.165) is 0 Å². The molecule has 0 unspecified atom stereocenters. The lowest BCUT2D eigenvalue weighted by Gasteiger charge is -1.64. The Morgan fingerprint density at radius 1 is 1.71 bits per heavy atom. The molecule has 1 heterocycles. The van der Waals surface area contributed by atoms with E-state index in [1.54, 1.807) is 0 Å². The highest BCUT2D eigenvalue weighted by atomic mass is 35.5. The Kier molecular flexibility index (Phi) is 2.15. The van der Waals surface area contributed by atoms with Crippen LogP contribution in [0.15, 0.2) is 10.7 Å². The van der Waals surface area contributed by atoms with Crippen molar-refractivity contribution in [2.24, 2.45) is 0 Å². The molecule has 0 atom stereocenters. The van der Waals surface area contributed by atoms with Gasteiger partial charge in [0.15, 0.2) is 0 Å². The van der Waals surface area contributed by atoms with Crippen LogP contribution in [0.5, 0.6) is 0 Å². The number of nitrogens with zero attached hydrogens (tertiary/aromatic N) is 2. The van der Waals surface area contributed by atoms with Gasteiger partial charge in [0.1, 0.15) is 6.20 Å². The van der Waals surface area contributed by atoms with Crippen LogP contribution in [0.2, 0.25) is 0 Å². The fourth-order valence-corrected chi connectivity index (χ4v) is 0.175. The summed E-state index contributed by atoms with van der Waals surface area (Å²) in [6, 6.07) is 0. The van der Waals surface area contributed by atoms with Crippen molar-refractivity contribution >= 4 is 18.3 Å². The third-order valence-corrected chi connectivity index (χ3v) is 0.378. The number of hydrogen-bond donors (Lipinski definition) is 1. The summed E-state index contributed by atoms with van der Waals surface area (Å²) in [5, 5.41) is 6.35. The van der Waals surface area contributed by atoms with Gasteiger partial charge >= 0.3 is 0 Å². The Morgan fingerprint density at radius 2 is 2.43 bits per heavy atom. The van der Waals surface area contributed by atoms with Gasteiger partial charge in [-0.1, -0.05) is 0 Å². The second-order valence-electron chi connectivity index (χ2n) is 0.820. The van der Waals surface area contributed by atoms with E-state index in [-0.39, 0.29) is 18.3 Å². The molecule has 0 spiro atoms. The lowest BCUT2D eigenvalue weighted by molar-refractivity contribution is 0.407. The zero-order chi connectivity index (χ0) is 4.41. The zero-order valence-electron chi connectivity index (χ0n) is 3.37. The molecule has 0 aliphatic rings. The molecule has 0 saturated carbocycles. The van der Waals surface area contributed by atoms with Gasteiger partial charge in [0.2, 0.25) is 5.88 Å². The van der Waals surface area contributed by atoms with Crippen molar-refractivity contribution in [1.82, 2.24) is 10.4 Å². The van der Waals surface area contributed by atoms with E-state index in [1.807, 2.05) is 0 Å². The van der Waals surface area contributed by atoms with E-state index >= 15 is 0 Å². The molecule has 5 heteroatoms. The van der Waals surface area contributed by atoms with Crippen LogP contribution < -0.4 is 5.73 Å². The Bertz CT molecular complexity index is 116. The minimum atomic E-state index is 0. The molecule has 4 nitrogen and oxygen atoms in total. The number of aromatic nitrogens is 2. The monoisotopic (exact) mass is 121 g/mol. The fraction of sp³-hybridized carbons (Fsp3) is 0. The number of nitrogens with two attached hydrogens (primary N) is 1. The Morgan fingerprint density at radius 3 is 2.57 bits per heavy atom. The zero-order valence-corrected chi connectivity index (χ0v) is 4.18. The molecule has 40 valence electrons. The fourth-order valence-electron chi connectivity index (χ4n) is 0.175. The maximum absolute atomic E-state index is 4.99. The molecule has 2 N–H and O–H groups in total. The third-order valence-electron chi connectivity index (χ3n) is 0.378. The molecule has 1 aromatic rings. The SMILES string of the molecule is Cl.Nc1cnno1. The molecular formula is C2H4ClN3O. The average Bonchev–Trinajstić information content (AvgIpc) is 1.86. The van der Waals surface area contributed by atoms with Crippen LogP contribution in [0.25, 0.3) is 0 Å². The van der Waals surface area contributed by atoms with Crippen molar-refractivity contribution in [3.63, 3.8) is 0 Å². The van der Waals surface area contributed by atoms with Crippen molar-refractivity contribution in [2.45, 2.75) is 0 Å². The minimum absolute atomic E-state index is 0. The highest BCUT2D eigenvalue weighted by Gasteiger charge is 1.80. The van der Waals surface area contributed by atoms with Crippen molar-refractivity contribution in [2.75, 3.05) is 5.73 Å². The largest absolute Gasteiger partial charge is 0.366 e. The van der Waals surface area contributed by atoms with Gasteiger partial charge in [-0.05, 0) is 0 Å². The van der Waals surface area contributed by atoms with Crippen LogP contribution in [-0.4, -0.2) is 10.4 Å². The maximum atomic E-state index is 4.99. The minimum Gasteiger partial charge on any atom is -0.366 e. The van der Waals surface area contributed by atoms with Crippen LogP contribution in [0, 0.1) is 0 Å². The second kappa shape index (κ2) is 2.41. The molecule has 0 saturated heterocycles. The molecule has 1 aromatic heterocycles. The van der Waals surface area contributed by atoms with Gasteiger partial charge in [-0.2, -0.15) is 0 Å². The van der Waals surface area contributed by atoms with E-state index in [2.05, 4.69) is 14.9 Å². The van der Waals surface area contributed by atoms with Crippen molar-refractivity contribution < 1.29 is 4.52 Å². The Hall–Kier alpha value is -0.770. The van der Waals surface area contributed by atoms with Gasteiger partial charge in [-0.15, -0.1) is 17.5 Å². The van der Waals surface area contributed by atoms with Gasteiger partial charge in [0.25, 0.3) is 0 Å². The number of halogens is 1. The molecule has 0 radical (unpaired) electrons. The summed E-state index contributed by atoms with van der Waals surface area (Å²) < 4.78 is 4.25. The summed E-state index contributed by atoms with van der Waals surface area (Å²) in [5.74, 6) is 0.245. The topological polar surface area (TPSA) is 64.9 Å². The highest BCUT2D eigenvalue weighted by Crippen LogP contribution is 1.88. The lowest BCUT2D eigenvalue weighted by atomic mass is 10.9. The van der Waals surface area contributed by atoms with Crippen LogP contribution in [0.4, 0.5) is 5.88 Å². The van der Waals surface area contributed by atoms with Crippen LogP contribution in [0.3, 0.4) is 0 Å². The van der Waals surface area contributed by atoms with E-state index in [9.17, 15) is 0 Å². The van der Waals surface area contributed by atoms with Gasteiger partial charge in [0.05, 0.1) is 0 Å². The molecular weight excluding hydrogens is 117 g/mol. The summed E-state index contributed by atoms with van der Waals surface area (Å²) in [6.45, 7) is 0. The Balaban J connectivity index is 0.000000360. The number of nitrogen functional groups attached to an aromatic ring is 1. The van der Waals surface area contributed by atoms with Crippen molar-refractivity contribution in [1.29, 1.82) is 0 Å². The second-order valence-corrected chi connectivity index (χ2v) is 0.820. The van der Waals surface area contributed by atoms with Gasteiger partial charge < -0.3 is 10.3 Å². The molecule has 0 aliphatic carbocycles. The quantitative estimate of drug-likeness (QED) is 0.528. The molecule has 0 amide bonds. The smallest absolute Gasteiger partial charge is 0.242 e. The highest BCUT2D eigenvalue weighted by molar-refractivity contribution is 5.85. The van der Waals surface area contributed by atoms with Crippen LogP contribution >= 0.6 is 12.4 Å². The summed E-state index contributed by atoms with van der Waals surface area (Å²) in [6.07, 6.45) is 1.33. The van der Waals surface area contributed by atoms with E-state index in [4.69, 9.17) is 5.73 Å². The van der Waals surface area contributed by atoms with Crippen molar-refractivity contribution in [3.8, 4) is 0 Å². The normalized spacial score (nSPS) is 7.43. The number of anilines is 1. The first-order chi connectivity index (χ1) is 2.89. The third kappa shape index (κ3) is 1.41. The maximum Gasteiger partial charge on any atom is 0.242 e. The van der Waals surface area contributed by atoms with Crippen molar-refractivity contribution in [3.05, 3.63) is 6.20 Å². The molecule has 0 fully saturated rings. The van der Waals surface area contributed by atoms with Gasteiger partial charge in [0, 0.05) is 5.27 Å². The molecule has 0 aromatic carbocycles. The first-order valence-electron chi connectivity index (χ1n) is 1.42. The van der Waals surface area contributed by atoms with Crippen LogP contribution in [0.1, 0.15) is 0 Å². The summed E-state index contributed by atoms with van der Waals surface area (Å²) >= 11 is 0. The standard InChI is InChI=1S/C2H3N3O.ClH/c3-2-1-4-5-6-2;/h1H,3H2;1H. The molecule has 1 rings (SSSR count). The number of hydrogen-bond acceptors (Lipinski definition) is 4. The first kappa shape index (κ1) is 6.23. The predicted molar refractivity (Wildman–Crippen MR) is 26.0 cm³/mol. The molecule has 7 heavy (non-hydrogen) atoms. The molecule has 0 bridgehead atoms. The average molecular weight is 122 g/mol. The predicted octanol–water partition coefficient (Wildman–Crippen LogP) is 0.0736. The molecule has 0 aliphatic heterocycles. The van der Waals surface area contributed by atoms with E-state index in [1.165, 1.54) is 6.20 Å². The summed E-state index contributed by atoms with van der Waals surface area (Å²) in [7, 11) is 0. The van der Waals surface area contributed by atoms with Gasteiger partial charge in [-0.3, -0.25) is 0 Å². The number of rotatable bonds is 0. The first-order valence-corrected chi connectivity index (χ1v) is 1.42.